The molecule has 1 nitrogen and oxygen atoms in total. The third kappa shape index (κ3) is 2.34. The summed E-state index contributed by atoms with van der Waals surface area (Å²) in [6.45, 7) is 5.99. The number of rotatable bonds is 1. The molecule has 1 aromatic rings. The van der Waals surface area contributed by atoms with Crippen molar-refractivity contribution in [1.29, 1.82) is 0 Å². The lowest BCUT2D eigenvalue weighted by Gasteiger charge is -2.28. The van der Waals surface area contributed by atoms with Crippen molar-refractivity contribution in [2.24, 2.45) is 11.1 Å². The Morgan fingerprint density at radius 3 is 2.36 bits per heavy atom. The second-order valence-corrected chi connectivity index (χ2v) is 5.33. The molecule has 0 aromatic heterocycles. The van der Waals surface area contributed by atoms with E-state index in [0.717, 1.165) is 4.47 Å². The number of nitrogens with two attached hydrogens (primary N) is 1. The Hall–Kier alpha value is -0.410. The molecule has 0 amide bonds. The average molecular weight is 260 g/mol. The highest BCUT2D eigenvalue weighted by molar-refractivity contribution is 9.10. The van der Waals surface area contributed by atoms with Crippen molar-refractivity contribution in [2.75, 3.05) is 0 Å². The molecule has 2 N–H and O–H groups in total. The molecule has 14 heavy (non-hydrogen) atoms. The molecule has 0 spiro atoms. The zero-order valence-corrected chi connectivity index (χ0v) is 10.2. The molecule has 0 heterocycles. The zero-order valence-electron chi connectivity index (χ0n) is 8.64. The SMILES string of the molecule is CC(C)(C)[C@H](N)c1c(F)cccc1Br. The van der Waals surface area contributed by atoms with Crippen LogP contribution >= 0.6 is 15.9 Å². The molecule has 0 bridgehead atoms. The van der Waals surface area contributed by atoms with Crippen LogP contribution in [-0.2, 0) is 0 Å². The highest BCUT2D eigenvalue weighted by Gasteiger charge is 2.26. The predicted octanol–water partition coefficient (Wildman–Crippen LogP) is 3.63. The molecule has 0 aliphatic heterocycles. The van der Waals surface area contributed by atoms with Crippen LogP contribution in [0.2, 0.25) is 0 Å². The summed E-state index contributed by atoms with van der Waals surface area (Å²) in [5.41, 5.74) is 6.41. The standard InChI is InChI=1S/C11H15BrFN/c1-11(2,3)10(14)9-7(12)5-4-6-8(9)13/h4-6,10H,14H2,1-3H3/t10-/m1/s1. The van der Waals surface area contributed by atoms with Crippen LogP contribution in [0.4, 0.5) is 4.39 Å². The Morgan fingerprint density at radius 1 is 1.36 bits per heavy atom. The second kappa shape index (κ2) is 3.99. The van der Waals surface area contributed by atoms with E-state index in [-0.39, 0.29) is 17.3 Å². The van der Waals surface area contributed by atoms with E-state index in [1.807, 2.05) is 26.8 Å². The van der Waals surface area contributed by atoms with Crippen molar-refractivity contribution in [3.63, 3.8) is 0 Å². The molecule has 3 heteroatoms. The Bertz CT molecular complexity index is 310. The van der Waals surface area contributed by atoms with Crippen LogP contribution in [0.25, 0.3) is 0 Å². The van der Waals surface area contributed by atoms with E-state index in [4.69, 9.17) is 5.73 Å². The number of hydrogen-bond acceptors (Lipinski definition) is 1. The summed E-state index contributed by atoms with van der Waals surface area (Å²) >= 11 is 3.32. The second-order valence-electron chi connectivity index (χ2n) is 4.48. The Labute approximate surface area is 92.6 Å². The van der Waals surface area contributed by atoms with E-state index in [0.29, 0.717) is 5.56 Å². The van der Waals surface area contributed by atoms with Gasteiger partial charge in [0.15, 0.2) is 0 Å². The van der Waals surface area contributed by atoms with Crippen LogP contribution in [0.15, 0.2) is 22.7 Å². The van der Waals surface area contributed by atoms with Gasteiger partial charge in [0, 0.05) is 16.1 Å². The van der Waals surface area contributed by atoms with Crippen molar-refractivity contribution < 1.29 is 4.39 Å². The maximum absolute atomic E-state index is 13.5. The van der Waals surface area contributed by atoms with Gasteiger partial charge in [-0.25, -0.2) is 4.39 Å². The first-order chi connectivity index (χ1) is 6.34. The van der Waals surface area contributed by atoms with E-state index in [1.54, 1.807) is 6.07 Å². The quantitative estimate of drug-likeness (QED) is 0.819. The van der Waals surface area contributed by atoms with Gasteiger partial charge in [-0.2, -0.15) is 0 Å². The van der Waals surface area contributed by atoms with Gasteiger partial charge in [0.05, 0.1) is 0 Å². The van der Waals surface area contributed by atoms with Crippen molar-refractivity contribution in [2.45, 2.75) is 26.8 Å². The van der Waals surface area contributed by atoms with Crippen molar-refractivity contribution in [3.05, 3.63) is 34.1 Å². The normalized spacial score (nSPS) is 14.1. The van der Waals surface area contributed by atoms with Gasteiger partial charge in [-0.05, 0) is 17.5 Å². The highest BCUT2D eigenvalue weighted by atomic mass is 79.9. The number of halogens is 2. The van der Waals surface area contributed by atoms with Crippen LogP contribution in [-0.4, -0.2) is 0 Å². The van der Waals surface area contributed by atoms with Crippen molar-refractivity contribution in [3.8, 4) is 0 Å². The molecule has 1 rings (SSSR count). The number of benzene rings is 1. The molecular weight excluding hydrogens is 245 g/mol. The molecule has 1 atom stereocenters. The van der Waals surface area contributed by atoms with Crippen LogP contribution in [0.1, 0.15) is 32.4 Å². The van der Waals surface area contributed by atoms with E-state index < -0.39 is 0 Å². The van der Waals surface area contributed by atoms with E-state index in [9.17, 15) is 4.39 Å². The summed E-state index contributed by atoms with van der Waals surface area (Å²) in [6.07, 6.45) is 0. The van der Waals surface area contributed by atoms with Crippen LogP contribution in [0.3, 0.4) is 0 Å². The first-order valence-electron chi connectivity index (χ1n) is 4.53. The van der Waals surface area contributed by atoms with E-state index in [1.165, 1.54) is 6.07 Å². The van der Waals surface area contributed by atoms with E-state index in [2.05, 4.69) is 15.9 Å². The van der Waals surface area contributed by atoms with Crippen molar-refractivity contribution in [1.82, 2.24) is 0 Å². The lowest BCUT2D eigenvalue weighted by molar-refractivity contribution is 0.318. The monoisotopic (exact) mass is 259 g/mol. The van der Waals surface area contributed by atoms with Gasteiger partial charge in [0.2, 0.25) is 0 Å². The predicted molar refractivity (Wildman–Crippen MR) is 60.5 cm³/mol. The first kappa shape index (κ1) is 11.7. The van der Waals surface area contributed by atoms with Gasteiger partial charge in [-0.3, -0.25) is 0 Å². The molecule has 0 aliphatic rings. The fraction of sp³-hybridized carbons (Fsp3) is 0.455. The van der Waals surface area contributed by atoms with Gasteiger partial charge in [-0.15, -0.1) is 0 Å². The van der Waals surface area contributed by atoms with Gasteiger partial charge >= 0.3 is 0 Å². The van der Waals surface area contributed by atoms with Gasteiger partial charge < -0.3 is 5.73 Å². The smallest absolute Gasteiger partial charge is 0.129 e. The third-order valence-electron chi connectivity index (χ3n) is 2.24. The van der Waals surface area contributed by atoms with Crippen LogP contribution < -0.4 is 5.73 Å². The van der Waals surface area contributed by atoms with Gasteiger partial charge in [0.25, 0.3) is 0 Å². The summed E-state index contributed by atoms with van der Waals surface area (Å²) in [5.74, 6) is -0.248. The van der Waals surface area contributed by atoms with Crippen LogP contribution in [0, 0.1) is 11.2 Å². The average Bonchev–Trinajstić information content (AvgIpc) is 2.01. The third-order valence-corrected chi connectivity index (χ3v) is 2.94. The van der Waals surface area contributed by atoms with Gasteiger partial charge in [-0.1, -0.05) is 42.8 Å². The van der Waals surface area contributed by atoms with E-state index >= 15 is 0 Å². The summed E-state index contributed by atoms with van der Waals surface area (Å²) in [5, 5.41) is 0. The molecule has 0 saturated carbocycles. The minimum absolute atomic E-state index is 0.148. The lowest BCUT2D eigenvalue weighted by Crippen LogP contribution is -2.27. The Kier molecular flexibility index (Phi) is 3.32. The lowest BCUT2D eigenvalue weighted by atomic mass is 9.83. The fourth-order valence-electron chi connectivity index (χ4n) is 1.24. The summed E-state index contributed by atoms with van der Waals surface area (Å²) in [7, 11) is 0. The molecule has 0 saturated heterocycles. The largest absolute Gasteiger partial charge is 0.323 e. The molecular formula is C11H15BrFN. The van der Waals surface area contributed by atoms with Gasteiger partial charge in [0.1, 0.15) is 5.82 Å². The molecule has 0 aliphatic carbocycles. The van der Waals surface area contributed by atoms with Crippen LogP contribution in [0.5, 0.6) is 0 Å². The van der Waals surface area contributed by atoms with Crippen molar-refractivity contribution >= 4 is 15.9 Å². The Balaban J connectivity index is 3.19. The topological polar surface area (TPSA) is 26.0 Å². The maximum atomic E-state index is 13.5. The first-order valence-corrected chi connectivity index (χ1v) is 5.33. The molecule has 0 fully saturated rings. The number of hydrogen-bond donors (Lipinski definition) is 1. The summed E-state index contributed by atoms with van der Waals surface area (Å²) in [6, 6.07) is 4.60. The molecule has 0 radical (unpaired) electrons. The highest BCUT2D eigenvalue weighted by Crippen LogP contribution is 2.35. The minimum atomic E-state index is -0.307. The Morgan fingerprint density at radius 2 is 1.93 bits per heavy atom. The molecule has 0 unspecified atom stereocenters. The fourth-order valence-corrected chi connectivity index (χ4v) is 1.83. The minimum Gasteiger partial charge on any atom is -0.323 e. The molecule has 78 valence electrons. The maximum Gasteiger partial charge on any atom is 0.129 e. The zero-order chi connectivity index (χ0) is 10.9. The summed E-state index contributed by atoms with van der Waals surface area (Å²) < 4.78 is 14.3. The summed E-state index contributed by atoms with van der Waals surface area (Å²) in [4.78, 5) is 0. The molecule has 1 aromatic carbocycles.